The number of carbonyl (C=O) groups is 1. The molecule has 2 aliphatic heterocycles. The maximum atomic E-state index is 11.8. The van der Waals surface area contributed by atoms with E-state index in [2.05, 4.69) is 0 Å². The van der Waals surface area contributed by atoms with Gasteiger partial charge in [-0.1, -0.05) is 11.6 Å². The molecule has 114 valence electrons. The van der Waals surface area contributed by atoms with Gasteiger partial charge in [-0.2, -0.15) is 0 Å². The highest BCUT2D eigenvalue weighted by Gasteiger charge is 2.30. The van der Waals surface area contributed by atoms with Crippen LogP contribution >= 0.6 is 11.6 Å². The molecule has 0 bridgehead atoms. The lowest BCUT2D eigenvalue weighted by atomic mass is 10.1. The van der Waals surface area contributed by atoms with Crippen molar-refractivity contribution in [1.29, 1.82) is 0 Å². The SMILES string of the molecule is COC(=O)C1COCCN1Cc1cc(Cl)c2c(c1)OCO2. The molecule has 1 fully saturated rings. The van der Waals surface area contributed by atoms with Gasteiger partial charge in [0.15, 0.2) is 11.5 Å². The van der Waals surface area contributed by atoms with Crippen molar-refractivity contribution in [3.63, 3.8) is 0 Å². The Kier molecular flexibility index (Phi) is 4.19. The molecule has 1 aromatic carbocycles. The van der Waals surface area contributed by atoms with Gasteiger partial charge in [0.1, 0.15) is 6.04 Å². The van der Waals surface area contributed by atoms with Gasteiger partial charge in [0, 0.05) is 13.1 Å². The van der Waals surface area contributed by atoms with Crippen LogP contribution < -0.4 is 9.47 Å². The molecule has 0 saturated carbocycles. The molecule has 1 unspecified atom stereocenters. The summed E-state index contributed by atoms with van der Waals surface area (Å²) in [6.07, 6.45) is 0. The van der Waals surface area contributed by atoms with Gasteiger partial charge < -0.3 is 18.9 Å². The standard InChI is InChI=1S/C14H16ClNO5/c1-18-14(17)11-7-19-3-2-16(11)6-9-4-10(15)13-12(5-9)20-8-21-13/h4-5,11H,2-3,6-8H2,1H3. The number of halogens is 1. The third-order valence-corrected chi connectivity index (χ3v) is 3.87. The molecule has 2 aliphatic rings. The monoisotopic (exact) mass is 313 g/mol. The Balaban J connectivity index is 1.78. The first-order valence-corrected chi connectivity index (χ1v) is 7.04. The second kappa shape index (κ2) is 6.09. The Morgan fingerprint density at radius 2 is 2.33 bits per heavy atom. The summed E-state index contributed by atoms with van der Waals surface area (Å²) >= 11 is 6.18. The van der Waals surface area contributed by atoms with Crippen LogP contribution in [-0.4, -0.2) is 50.6 Å². The summed E-state index contributed by atoms with van der Waals surface area (Å²) in [5.74, 6) is 0.925. The average molecular weight is 314 g/mol. The number of hydrogen-bond donors (Lipinski definition) is 0. The molecule has 0 aromatic heterocycles. The van der Waals surface area contributed by atoms with Gasteiger partial charge in [-0.15, -0.1) is 0 Å². The number of carbonyl (C=O) groups excluding carboxylic acids is 1. The zero-order valence-electron chi connectivity index (χ0n) is 11.6. The molecule has 0 aliphatic carbocycles. The van der Waals surface area contributed by atoms with E-state index in [-0.39, 0.29) is 12.8 Å². The number of esters is 1. The van der Waals surface area contributed by atoms with Gasteiger partial charge in [-0.05, 0) is 17.7 Å². The molecule has 3 rings (SSSR count). The molecule has 6 nitrogen and oxygen atoms in total. The van der Waals surface area contributed by atoms with Crippen LogP contribution in [0.25, 0.3) is 0 Å². The lowest BCUT2D eigenvalue weighted by Crippen LogP contribution is -2.49. The van der Waals surface area contributed by atoms with Crippen molar-refractivity contribution in [3.8, 4) is 11.5 Å². The van der Waals surface area contributed by atoms with Gasteiger partial charge in [-0.25, -0.2) is 0 Å². The zero-order chi connectivity index (χ0) is 14.8. The second-order valence-corrected chi connectivity index (χ2v) is 5.30. The van der Waals surface area contributed by atoms with Gasteiger partial charge in [0.05, 0.1) is 25.3 Å². The molecule has 1 atom stereocenters. The highest BCUT2D eigenvalue weighted by molar-refractivity contribution is 6.32. The Hall–Kier alpha value is -1.50. The van der Waals surface area contributed by atoms with E-state index >= 15 is 0 Å². The zero-order valence-corrected chi connectivity index (χ0v) is 12.4. The van der Waals surface area contributed by atoms with E-state index in [1.54, 1.807) is 0 Å². The van der Waals surface area contributed by atoms with E-state index in [1.807, 2.05) is 17.0 Å². The van der Waals surface area contributed by atoms with Crippen molar-refractivity contribution in [1.82, 2.24) is 4.90 Å². The maximum absolute atomic E-state index is 11.8. The van der Waals surface area contributed by atoms with Crippen LogP contribution in [-0.2, 0) is 20.8 Å². The van der Waals surface area contributed by atoms with E-state index in [9.17, 15) is 4.79 Å². The fraction of sp³-hybridized carbons (Fsp3) is 0.500. The molecule has 7 heteroatoms. The molecule has 0 radical (unpaired) electrons. The molecule has 2 heterocycles. The third-order valence-electron chi connectivity index (χ3n) is 3.59. The lowest BCUT2D eigenvalue weighted by molar-refractivity contribution is -0.153. The molecule has 21 heavy (non-hydrogen) atoms. The average Bonchev–Trinajstić information content (AvgIpc) is 2.96. The molecule has 0 amide bonds. The van der Waals surface area contributed by atoms with Crippen molar-refractivity contribution in [2.75, 3.05) is 33.7 Å². The minimum atomic E-state index is -0.395. The van der Waals surface area contributed by atoms with E-state index in [4.69, 9.17) is 30.5 Å². The number of ether oxygens (including phenoxy) is 4. The van der Waals surface area contributed by atoms with E-state index in [1.165, 1.54) is 7.11 Å². The van der Waals surface area contributed by atoms with E-state index in [0.29, 0.717) is 42.8 Å². The normalized spacial score (nSPS) is 21.3. The Bertz CT molecular complexity index is 550. The van der Waals surface area contributed by atoms with Gasteiger partial charge in [0.25, 0.3) is 0 Å². The van der Waals surface area contributed by atoms with Gasteiger partial charge >= 0.3 is 5.97 Å². The third kappa shape index (κ3) is 2.92. The van der Waals surface area contributed by atoms with E-state index in [0.717, 1.165) is 5.56 Å². The summed E-state index contributed by atoms with van der Waals surface area (Å²) in [4.78, 5) is 13.8. The minimum Gasteiger partial charge on any atom is -0.468 e. The largest absolute Gasteiger partial charge is 0.468 e. The molecular weight excluding hydrogens is 298 g/mol. The first-order chi connectivity index (χ1) is 10.2. The fourth-order valence-corrected chi connectivity index (χ4v) is 2.81. The van der Waals surface area contributed by atoms with Crippen LogP contribution in [0.3, 0.4) is 0 Å². The highest BCUT2D eigenvalue weighted by atomic mass is 35.5. The quantitative estimate of drug-likeness (QED) is 0.787. The highest BCUT2D eigenvalue weighted by Crippen LogP contribution is 2.40. The predicted molar refractivity (Wildman–Crippen MR) is 74.6 cm³/mol. The predicted octanol–water partition coefficient (Wildman–Crippen LogP) is 1.44. The number of benzene rings is 1. The van der Waals surface area contributed by atoms with Crippen molar-refractivity contribution in [2.24, 2.45) is 0 Å². The van der Waals surface area contributed by atoms with Crippen LogP contribution in [0.5, 0.6) is 11.5 Å². The molecule has 1 aromatic rings. The lowest BCUT2D eigenvalue weighted by Gasteiger charge is -2.33. The van der Waals surface area contributed by atoms with Gasteiger partial charge in [0.2, 0.25) is 6.79 Å². The molecule has 0 spiro atoms. The van der Waals surface area contributed by atoms with Crippen LogP contribution in [0, 0.1) is 0 Å². The maximum Gasteiger partial charge on any atom is 0.325 e. The summed E-state index contributed by atoms with van der Waals surface area (Å²) in [6.45, 7) is 2.34. The summed E-state index contributed by atoms with van der Waals surface area (Å²) in [5.41, 5.74) is 0.958. The Morgan fingerprint density at radius 3 is 3.14 bits per heavy atom. The summed E-state index contributed by atoms with van der Waals surface area (Å²) < 4.78 is 20.8. The minimum absolute atomic E-state index is 0.181. The summed E-state index contributed by atoms with van der Waals surface area (Å²) in [5, 5.41) is 0.517. The number of nitrogens with zero attached hydrogens (tertiary/aromatic N) is 1. The molecule has 1 saturated heterocycles. The Morgan fingerprint density at radius 1 is 1.48 bits per heavy atom. The first kappa shape index (κ1) is 14.4. The topological polar surface area (TPSA) is 57.2 Å². The van der Waals surface area contributed by atoms with Crippen LogP contribution in [0.2, 0.25) is 5.02 Å². The molecular formula is C14H16ClNO5. The summed E-state index contributed by atoms with van der Waals surface area (Å²) in [7, 11) is 1.38. The van der Waals surface area contributed by atoms with Crippen LogP contribution in [0.1, 0.15) is 5.56 Å². The molecule has 0 N–H and O–H groups in total. The number of methoxy groups -OCH3 is 1. The van der Waals surface area contributed by atoms with Crippen LogP contribution in [0.15, 0.2) is 12.1 Å². The van der Waals surface area contributed by atoms with Gasteiger partial charge in [-0.3, -0.25) is 9.69 Å². The van der Waals surface area contributed by atoms with Crippen molar-refractivity contribution in [3.05, 3.63) is 22.7 Å². The first-order valence-electron chi connectivity index (χ1n) is 6.66. The smallest absolute Gasteiger partial charge is 0.325 e. The van der Waals surface area contributed by atoms with Crippen LogP contribution in [0.4, 0.5) is 0 Å². The number of fused-ring (bicyclic) bond motifs is 1. The number of hydrogen-bond acceptors (Lipinski definition) is 6. The number of morpholine rings is 1. The summed E-state index contributed by atoms with van der Waals surface area (Å²) in [6, 6.07) is 3.32. The van der Waals surface area contributed by atoms with Crippen molar-refractivity contribution >= 4 is 17.6 Å². The van der Waals surface area contributed by atoms with Crippen molar-refractivity contribution < 1.29 is 23.7 Å². The number of rotatable bonds is 3. The Labute approximate surface area is 127 Å². The second-order valence-electron chi connectivity index (χ2n) is 4.90. The van der Waals surface area contributed by atoms with Crippen molar-refractivity contribution in [2.45, 2.75) is 12.6 Å². The van der Waals surface area contributed by atoms with E-state index < -0.39 is 6.04 Å². The fourth-order valence-electron chi connectivity index (χ4n) is 2.53.